The van der Waals surface area contributed by atoms with Crippen molar-refractivity contribution in [2.45, 2.75) is 64.3 Å². The second-order valence-corrected chi connectivity index (χ2v) is 8.35. The Kier molecular flexibility index (Phi) is 11.1. The van der Waals surface area contributed by atoms with Crippen LogP contribution in [0.3, 0.4) is 0 Å². The van der Waals surface area contributed by atoms with Crippen LogP contribution >= 0.6 is 0 Å². The van der Waals surface area contributed by atoms with Gasteiger partial charge >= 0.3 is 0 Å². The third-order valence-corrected chi connectivity index (χ3v) is 5.74. The van der Waals surface area contributed by atoms with Crippen molar-refractivity contribution < 1.29 is 19.3 Å². The Hall–Kier alpha value is -2.50. The summed E-state index contributed by atoms with van der Waals surface area (Å²) in [6, 6.07) is 30.5. The van der Waals surface area contributed by atoms with Crippen molar-refractivity contribution in [3.8, 4) is 0 Å². The summed E-state index contributed by atoms with van der Waals surface area (Å²) in [6.45, 7) is 3.82. The summed E-state index contributed by atoms with van der Waals surface area (Å²) in [6.07, 6.45) is 2.03. The fourth-order valence-electron chi connectivity index (χ4n) is 3.73. The third-order valence-electron chi connectivity index (χ3n) is 5.74. The van der Waals surface area contributed by atoms with E-state index >= 15 is 0 Å². The van der Waals surface area contributed by atoms with E-state index in [1.165, 1.54) is 0 Å². The Labute approximate surface area is 198 Å². The Morgan fingerprint density at radius 1 is 0.576 bits per heavy atom. The summed E-state index contributed by atoms with van der Waals surface area (Å²) in [5.41, 5.74) is 3.43. The molecule has 0 aromatic heterocycles. The number of aliphatic hydroxyl groups is 1. The summed E-state index contributed by atoms with van der Waals surface area (Å²) in [4.78, 5) is 0. The van der Waals surface area contributed by atoms with E-state index in [0.29, 0.717) is 26.2 Å². The maximum absolute atomic E-state index is 9.53. The maximum atomic E-state index is 9.53. The van der Waals surface area contributed by atoms with Crippen molar-refractivity contribution >= 4 is 0 Å². The van der Waals surface area contributed by atoms with Crippen LogP contribution in [0.2, 0.25) is 0 Å². The van der Waals surface area contributed by atoms with Gasteiger partial charge in [0, 0.05) is 6.61 Å². The Morgan fingerprint density at radius 3 is 1.52 bits per heavy atom. The summed E-state index contributed by atoms with van der Waals surface area (Å²) >= 11 is 0. The van der Waals surface area contributed by atoms with E-state index in [1.54, 1.807) is 0 Å². The predicted octanol–water partition coefficient (Wildman–Crippen LogP) is 5.93. The minimum Gasteiger partial charge on any atom is -0.396 e. The molecule has 3 unspecified atom stereocenters. The molecule has 0 amide bonds. The summed E-state index contributed by atoms with van der Waals surface area (Å²) in [7, 11) is 0. The smallest absolute Gasteiger partial charge is 0.0839 e. The van der Waals surface area contributed by atoms with E-state index in [1.807, 2.05) is 54.6 Å². The molecule has 0 bridgehead atoms. The number of hydrogen-bond donors (Lipinski definition) is 1. The highest BCUT2D eigenvalue weighted by Crippen LogP contribution is 2.19. The van der Waals surface area contributed by atoms with Gasteiger partial charge in [-0.15, -0.1) is 0 Å². The topological polar surface area (TPSA) is 47.9 Å². The largest absolute Gasteiger partial charge is 0.396 e. The molecule has 3 aromatic rings. The first-order valence-electron chi connectivity index (χ1n) is 11.8. The second kappa shape index (κ2) is 14.6. The molecular weight excluding hydrogens is 412 g/mol. The molecule has 0 fully saturated rings. The molecule has 0 heterocycles. The molecule has 0 saturated carbocycles. The average Bonchev–Trinajstić information content (AvgIpc) is 2.87. The van der Waals surface area contributed by atoms with Crippen LogP contribution in [0.5, 0.6) is 0 Å². The van der Waals surface area contributed by atoms with Gasteiger partial charge in [0.2, 0.25) is 0 Å². The van der Waals surface area contributed by atoms with Crippen molar-refractivity contribution in [2.24, 2.45) is 0 Å². The van der Waals surface area contributed by atoms with E-state index in [9.17, 15) is 5.11 Å². The molecule has 0 aliphatic rings. The monoisotopic (exact) mass is 448 g/mol. The van der Waals surface area contributed by atoms with E-state index < -0.39 is 0 Å². The van der Waals surface area contributed by atoms with Crippen molar-refractivity contribution in [3.05, 3.63) is 108 Å². The lowest BCUT2D eigenvalue weighted by Gasteiger charge is -2.27. The van der Waals surface area contributed by atoms with E-state index in [2.05, 4.69) is 43.3 Å². The molecule has 4 nitrogen and oxygen atoms in total. The molecule has 3 aromatic carbocycles. The highest BCUT2D eigenvalue weighted by Gasteiger charge is 2.21. The van der Waals surface area contributed by atoms with Crippen LogP contribution < -0.4 is 0 Å². The van der Waals surface area contributed by atoms with Gasteiger partial charge in [0.05, 0.1) is 38.1 Å². The van der Waals surface area contributed by atoms with Gasteiger partial charge in [-0.3, -0.25) is 0 Å². The zero-order valence-electron chi connectivity index (χ0n) is 19.5. The Morgan fingerprint density at radius 2 is 1.03 bits per heavy atom. The van der Waals surface area contributed by atoms with Gasteiger partial charge in [-0.1, -0.05) is 91.0 Å². The zero-order chi connectivity index (χ0) is 23.1. The molecule has 0 saturated heterocycles. The van der Waals surface area contributed by atoms with Crippen LogP contribution in [0.4, 0.5) is 0 Å². The van der Waals surface area contributed by atoms with Gasteiger partial charge in [-0.2, -0.15) is 0 Å². The van der Waals surface area contributed by atoms with E-state index in [4.69, 9.17) is 14.2 Å². The van der Waals surface area contributed by atoms with Gasteiger partial charge in [0.15, 0.2) is 0 Å². The number of ether oxygens (including phenoxy) is 3. The molecule has 0 radical (unpaired) electrons. The van der Waals surface area contributed by atoms with Crippen LogP contribution in [0, 0.1) is 0 Å². The van der Waals surface area contributed by atoms with Gasteiger partial charge in [-0.05, 0) is 42.9 Å². The van der Waals surface area contributed by atoms with Crippen LogP contribution in [-0.4, -0.2) is 30.0 Å². The van der Waals surface area contributed by atoms with Crippen LogP contribution in [-0.2, 0) is 34.0 Å². The summed E-state index contributed by atoms with van der Waals surface area (Å²) in [5.74, 6) is 0. The van der Waals surface area contributed by atoms with Crippen molar-refractivity contribution in [3.63, 3.8) is 0 Å². The lowest BCUT2D eigenvalue weighted by atomic mass is 10.0. The number of hydrogen-bond acceptors (Lipinski definition) is 4. The predicted molar refractivity (Wildman–Crippen MR) is 132 cm³/mol. The third kappa shape index (κ3) is 9.48. The lowest BCUT2D eigenvalue weighted by molar-refractivity contribution is -0.0875. The molecule has 0 aliphatic carbocycles. The SMILES string of the molecule is CC(OCc1ccccc1)C(CCC(CCO)OCc1ccccc1)OCc1ccccc1. The molecular formula is C29H36O4. The second-order valence-electron chi connectivity index (χ2n) is 8.35. The molecule has 0 spiro atoms. The van der Waals surface area contributed by atoms with Crippen LogP contribution in [0.15, 0.2) is 91.0 Å². The van der Waals surface area contributed by atoms with Gasteiger partial charge in [0.1, 0.15) is 0 Å². The fraction of sp³-hybridized carbons (Fsp3) is 0.379. The Balaban J connectivity index is 1.56. The van der Waals surface area contributed by atoms with Gasteiger partial charge < -0.3 is 19.3 Å². The zero-order valence-corrected chi connectivity index (χ0v) is 19.5. The highest BCUT2D eigenvalue weighted by atomic mass is 16.5. The number of aliphatic hydroxyl groups excluding tert-OH is 1. The minimum absolute atomic E-state index is 0.0284. The maximum Gasteiger partial charge on any atom is 0.0839 e. The van der Waals surface area contributed by atoms with Crippen LogP contribution in [0.1, 0.15) is 42.9 Å². The number of benzene rings is 3. The quantitative estimate of drug-likeness (QED) is 0.313. The summed E-state index contributed by atoms with van der Waals surface area (Å²) < 4.78 is 18.6. The standard InChI is InChI=1S/C29H36O4/c1-24(31-21-25-11-5-2-6-12-25)29(33-23-27-15-9-4-10-16-27)18-17-28(19-20-30)32-22-26-13-7-3-8-14-26/h2-16,24,28-30H,17-23H2,1H3. The normalized spacial score (nSPS) is 14.0. The summed E-state index contributed by atoms with van der Waals surface area (Å²) in [5, 5.41) is 9.53. The molecule has 4 heteroatoms. The molecule has 3 rings (SSSR count). The van der Waals surface area contributed by atoms with Crippen molar-refractivity contribution in [1.82, 2.24) is 0 Å². The van der Waals surface area contributed by atoms with E-state index in [-0.39, 0.29) is 24.9 Å². The fourth-order valence-corrected chi connectivity index (χ4v) is 3.73. The van der Waals surface area contributed by atoms with E-state index in [0.717, 1.165) is 29.5 Å². The van der Waals surface area contributed by atoms with Gasteiger partial charge in [0.25, 0.3) is 0 Å². The highest BCUT2D eigenvalue weighted by molar-refractivity contribution is 5.15. The van der Waals surface area contributed by atoms with Gasteiger partial charge in [-0.25, -0.2) is 0 Å². The van der Waals surface area contributed by atoms with Crippen molar-refractivity contribution in [1.29, 1.82) is 0 Å². The van der Waals surface area contributed by atoms with Crippen LogP contribution in [0.25, 0.3) is 0 Å². The first-order chi connectivity index (χ1) is 16.2. The first-order valence-corrected chi connectivity index (χ1v) is 11.8. The van der Waals surface area contributed by atoms with Crippen molar-refractivity contribution in [2.75, 3.05) is 6.61 Å². The molecule has 1 N–H and O–H groups in total. The molecule has 33 heavy (non-hydrogen) atoms. The minimum atomic E-state index is -0.0737. The lowest BCUT2D eigenvalue weighted by Crippen LogP contribution is -2.31. The molecule has 0 aliphatic heterocycles. The average molecular weight is 449 g/mol. The molecule has 176 valence electrons. The molecule has 3 atom stereocenters. The Bertz CT molecular complexity index is 870. The first kappa shape index (κ1) is 25.1. The number of rotatable bonds is 15.